The van der Waals surface area contributed by atoms with Crippen LogP contribution in [0.25, 0.3) is 0 Å². The van der Waals surface area contributed by atoms with E-state index >= 15 is 0 Å². The van der Waals surface area contributed by atoms with Crippen LogP contribution in [0.1, 0.15) is 6.42 Å². The molecule has 1 aliphatic rings. The Kier molecular flexibility index (Phi) is 3.79. The van der Waals surface area contributed by atoms with Crippen LogP contribution < -0.4 is 0 Å². The van der Waals surface area contributed by atoms with Crippen LogP contribution in [-0.2, 0) is 14.9 Å². The van der Waals surface area contributed by atoms with Gasteiger partial charge in [0.15, 0.2) is 0 Å². The van der Waals surface area contributed by atoms with Crippen LogP contribution in [0.2, 0.25) is 0 Å². The molecule has 0 bridgehead atoms. The van der Waals surface area contributed by atoms with Crippen molar-refractivity contribution in [3.8, 4) is 0 Å². The van der Waals surface area contributed by atoms with Gasteiger partial charge in [0.25, 0.3) is 10.1 Å². The minimum absolute atomic E-state index is 0.0623. The van der Waals surface area contributed by atoms with E-state index in [1.54, 1.807) is 0 Å². The van der Waals surface area contributed by atoms with E-state index in [-0.39, 0.29) is 18.4 Å². The van der Waals surface area contributed by atoms with Gasteiger partial charge in [-0.3, -0.25) is 9.35 Å². The van der Waals surface area contributed by atoms with Gasteiger partial charge in [-0.2, -0.15) is 21.0 Å². The van der Waals surface area contributed by atoms with Crippen LogP contribution in [0, 0.1) is 5.92 Å². The molecule has 0 saturated carbocycles. The lowest BCUT2D eigenvalue weighted by molar-refractivity contribution is -0.127. The molecule has 1 fully saturated rings. The smallest absolute Gasteiger partial charge is 0.266 e. The van der Waals surface area contributed by atoms with Gasteiger partial charge in [-0.1, -0.05) is 0 Å². The number of carbonyl (C=O) groups excluding carboxylic acids is 1. The molecule has 0 aromatic rings. The maximum Gasteiger partial charge on any atom is 0.266 e. The van der Waals surface area contributed by atoms with Crippen LogP contribution in [-0.4, -0.2) is 48.4 Å². The first-order valence-electron chi connectivity index (χ1n) is 4.26. The van der Waals surface area contributed by atoms with Crippen molar-refractivity contribution >= 4 is 28.7 Å². The van der Waals surface area contributed by atoms with Crippen LogP contribution in [0.15, 0.2) is 0 Å². The zero-order valence-corrected chi connectivity index (χ0v) is 9.30. The van der Waals surface area contributed by atoms with Gasteiger partial charge in [-0.05, 0) is 11.7 Å². The van der Waals surface area contributed by atoms with Gasteiger partial charge < -0.3 is 4.90 Å². The van der Waals surface area contributed by atoms with E-state index in [1.807, 2.05) is 0 Å². The number of nitrogens with zero attached hydrogens (tertiary/aromatic N) is 1. The molecule has 0 radical (unpaired) electrons. The van der Waals surface area contributed by atoms with Gasteiger partial charge in [0.05, 0.1) is 5.75 Å². The third-order valence-electron chi connectivity index (χ3n) is 2.17. The summed E-state index contributed by atoms with van der Waals surface area (Å²) in [4.78, 5) is 12.7. The SMILES string of the molecule is O=C1CC(CS)CN1CCS(=O)(=O)O. The van der Waals surface area contributed by atoms with E-state index in [0.29, 0.717) is 18.7 Å². The van der Waals surface area contributed by atoms with Crippen molar-refractivity contribution in [1.29, 1.82) is 0 Å². The Bertz CT molecular complexity index is 314. The van der Waals surface area contributed by atoms with Crippen molar-refractivity contribution in [3.63, 3.8) is 0 Å². The highest BCUT2D eigenvalue weighted by Crippen LogP contribution is 2.18. The number of carbonyl (C=O) groups is 1. The highest BCUT2D eigenvalue weighted by Gasteiger charge is 2.28. The van der Waals surface area contributed by atoms with Crippen LogP contribution in [0.3, 0.4) is 0 Å². The number of hydrogen-bond donors (Lipinski definition) is 2. The quantitative estimate of drug-likeness (QED) is 0.519. The fourth-order valence-electron chi connectivity index (χ4n) is 1.42. The average molecular weight is 239 g/mol. The summed E-state index contributed by atoms with van der Waals surface area (Å²) in [6.45, 7) is 0.611. The molecule has 1 amide bonds. The van der Waals surface area contributed by atoms with E-state index in [0.717, 1.165) is 0 Å². The molecule has 1 saturated heterocycles. The summed E-state index contributed by atoms with van der Waals surface area (Å²) >= 11 is 4.08. The molecule has 0 aromatic heterocycles. The lowest BCUT2D eigenvalue weighted by Crippen LogP contribution is -2.30. The topological polar surface area (TPSA) is 74.7 Å². The molecule has 7 heteroatoms. The van der Waals surface area contributed by atoms with E-state index in [4.69, 9.17) is 4.55 Å². The number of rotatable bonds is 4. The van der Waals surface area contributed by atoms with E-state index < -0.39 is 15.9 Å². The molecule has 1 N–H and O–H groups in total. The second kappa shape index (κ2) is 4.50. The van der Waals surface area contributed by atoms with Gasteiger partial charge in [-0.25, -0.2) is 0 Å². The third-order valence-corrected chi connectivity index (χ3v) is 3.39. The Morgan fingerprint density at radius 3 is 2.64 bits per heavy atom. The van der Waals surface area contributed by atoms with Crippen molar-refractivity contribution in [1.82, 2.24) is 4.90 Å². The average Bonchev–Trinajstić information content (AvgIpc) is 2.42. The monoisotopic (exact) mass is 239 g/mol. The highest BCUT2D eigenvalue weighted by atomic mass is 32.2. The summed E-state index contributed by atoms with van der Waals surface area (Å²) in [7, 11) is -3.97. The first kappa shape index (κ1) is 11.8. The zero-order valence-electron chi connectivity index (χ0n) is 7.59. The molecule has 1 aliphatic heterocycles. The zero-order chi connectivity index (χ0) is 10.8. The number of hydrogen-bond acceptors (Lipinski definition) is 4. The summed E-state index contributed by atoms with van der Waals surface area (Å²) in [5.74, 6) is 0.367. The predicted molar refractivity (Wildman–Crippen MR) is 55.0 cm³/mol. The normalized spacial score (nSPS) is 23.1. The van der Waals surface area contributed by atoms with E-state index in [2.05, 4.69) is 12.6 Å². The Morgan fingerprint density at radius 1 is 1.57 bits per heavy atom. The fraction of sp³-hybridized carbons (Fsp3) is 0.857. The van der Waals surface area contributed by atoms with Crippen molar-refractivity contribution in [2.75, 3.05) is 24.6 Å². The third kappa shape index (κ3) is 3.47. The Hall–Kier alpha value is -0.270. The maximum absolute atomic E-state index is 11.3. The Morgan fingerprint density at radius 2 is 2.21 bits per heavy atom. The molecule has 1 rings (SSSR count). The van der Waals surface area contributed by atoms with E-state index in [9.17, 15) is 13.2 Å². The Labute approximate surface area is 88.6 Å². The Balaban J connectivity index is 2.43. The molecule has 1 atom stereocenters. The molecule has 0 aromatic carbocycles. The molecule has 5 nitrogen and oxygen atoms in total. The van der Waals surface area contributed by atoms with Crippen LogP contribution >= 0.6 is 12.6 Å². The molecule has 0 aliphatic carbocycles. The molecule has 0 spiro atoms. The van der Waals surface area contributed by atoms with Gasteiger partial charge in [0, 0.05) is 19.5 Å². The summed E-state index contributed by atoms with van der Waals surface area (Å²) in [6.07, 6.45) is 0.426. The summed E-state index contributed by atoms with van der Waals surface area (Å²) < 4.78 is 29.4. The fourth-order valence-corrected chi connectivity index (χ4v) is 2.11. The van der Waals surface area contributed by atoms with Crippen LogP contribution in [0.5, 0.6) is 0 Å². The first-order valence-corrected chi connectivity index (χ1v) is 6.50. The number of amides is 1. The standard InChI is InChI=1S/C7H13NO4S2/c9-7-3-6(5-13)4-8(7)1-2-14(10,11)12/h6,13H,1-5H2,(H,10,11,12). The number of likely N-dealkylation sites (tertiary alicyclic amines) is 1. The lowest BCUT2D eigenvalue weighted by Gasteiger charge is -2.14. The lowest BCUT2D eigenvalue weighted by atomic mass is 10.1. The molecular weight excluding hydrogens is 226 g/mol. The minimum atomic E-state index is -3.97. The summed E-state index contributed by atoms with van der Waals surface area (Å²) in [6, 6.07) is 0. The second-order valence-electron chi connectivity index (χ2n) is 3.38. The van der Waals surface area contributed by atoms with Crippen molar-refractivity contribution in [2.24, 2.45) is 5.92 Å². The van der Waals surface area contributed by atoms with Gasteiger partial charge >= 0.3 is 0 Å². The highest BCUT2D eigenvalue weighted by molar-refractivity contribution is 7.85. The summed E-state index contributed by atoms with van der Waals surface area (Å²) in [5.41, 5.74) is 0. The largest absolute Gasteiger partial charge is 0.341 e. The maximum atomic E-state index is 11.3. The molecule has 82 valence electrons. The number of thiol groups is 1. The van der Waals surface area contributed by atoms with Crippen molar-refractivity contribution in [2.45, 2.75) is 6.42 Å². The molecular formula is C7H13NO4S2. The molecule has 1 heterocycles. The van der Waals surface area contributed by atoms with Gasteiger partial charge in [-0.15, -0.1) is 0 Å². The van der Waals surface area contributed by atoms with Crippen molar-refractivity contribution < 1.29 is 17.8 Å². The van der Waals surface area contributed by atoms with Crippen LogP contribution in [0.4, 0.5) is 0 Å². The summed E-state index contributed by atoms with van der Waals surface area (Å²) in [5, 5.41) is 0. The van der Waals surface area contributed by atoms with Gasteiger partial charge in [0.1, 0.15) is 0 Å². The van der Waals surface area contributed by atoms with Crippen molar-refractivity contribution in [3.05, 3.63) is 0 Å². The molecule has 14 heavy (non-hydrogen) atoms. The first-order chi connectivity index (χ1) is 6.42. The predicted octanol–water partition coefficient (Wildman–Crippen LogP) is -0.347. The van der Waals surface area contributed by atoms with Gasteiger partial charge in [0.2, 0.25) is 5.91 Å². The minimum Gasteiger partial charge on any atom is -0.341 e. The molecule has 1 unspecified atom stereocenters. The second-order valence-corrected chi connectivity index (χ2v) is 5.32. The van der Waals surface area contributed by atoms with E-state index in [1.165, 1.54) is 4.90 Å².